The number of rotatable bonds is 0. The average Bonchev–Trinajstić information content (AvgIpc) is 3.19. The third kappa shape index (κ3) is 3.01. The first-order valence-electron chi connectivity index (χ1n) is 13.4. The van der Waals surface area contributed by atoms with Gasteiger partial charge in [0.25, 0.3) is 0 Å². The molecular formula is C28H44N2O2. The molecule has 0 aromatic rings. The van der Waals surface area contributed by atoms with Gasteiger partial charge < -0.3 is 9.84 Å². The van der Waals surface area contributed by atoms with Crippen LogP contribution in [-0.4, -0.2) is 47.1 Å². The molecule has 0 aromatic heterocycles. The van der Waals surface area contributed by atoms with Crippen molar-refractivity contribution >= 4 is 0 Å². The van der Waals surface area contributed by atoms with E-state index in [1.54, 1.807) is 16.7 Å². The van der Waals surface area contributed by atoms with Crippen LogP contribution in [0.25, 0.3) is 0 Å². The summed E-state index contributed by atoms with van der Waals surface area (Å²) in [7, 11) is 2.22. The zero-order chi connectivity index (χ0) is 22.4. The Balaban J connectivity index is 1.29. The maximum atomic E-state index is 10.3. The summed E-state index contributed by atoms with van der Waals surface area (Å²) in [5.41, 5.74) is 9.01. The van der Waals surface area contributed by atoms with Crippen LogP contribution in [0.4, 0.5) is 0 Å². The molecule has 32 heavy (non-hydrogen) atoms. The lowest BCUT2D eigenvalue weighted by atomic mass is 9.56. The van der Waals surface area contributed by atoms with Crippen molar-refractivity contribution in [1.29, 1.82) is 0 Å². The van der Waals surface area contributed by atoms with Crippen LogP contribution >= 0.6 is 0 Å². The summed E-state index contributed by atoms with van der Waals surface area (Å²) >= 11 is 0. The minimum atomic E-state index is -0.113. The summed E-state index contributed by atoms with van der Waals surface area (Å²) in [6.07, 6.45) is 13.2. The van der Waals surface area contributed by atoms with Gasteiger partial charge in [-0.05, 0) is 94.8 Å². The molecule has 0 bridgehead atoms. The van der Waals surface area contributed by atoms with Crippen LogP contribution in [0.2, 0.25) is 0 Å². The number of fused-ring (bicyclic) bond motifs is 6. The molecule has 0 radical (unpaired) electrons. The normalized spacial score (nSPS) is 53.4. The molecule has 4 heteroatoms. The second-order valence-corrected chi connectivity index (χ2v) is 12.8. The number of hydrazine groups is 1. The van der Waals surface area contributed by atoms with Gasteiger partial charge in [-0.1, -0.05) is 36.6 Å². The van der Waals surface area contributed by atoms with Gasteiger partial charge in [-0.15, -0.1) is 0 Å². The lowest BCUT2D eigenvalue weighted by molar-refractivity contribution is -0.0802. The topological polar surface area (TPSA) is 44.7 Å². The van der Waals surface area contributed by atoms with Crippen molar-refractivity contribution < 1.29 is 9.84 Å². The number of aliphatic hydroxyl groups excluding tert-OH is 1. The maximum absolute atomic E-state index is 10.3. The third-order valence-electron chi connectivity index (χ3n) is 11.1. The molecule has 1 spiro atoms. The van der Waals surface area contributed by atoms with Crippen LogP contribution in [0.5, 0.6) is 0 Å². The van der Waals surface area contributed by atoms with Crippen molar-refractivity contribution in [2.75, 3.05) is 7.05 Å². The van der Waals surface area contributed by atoms with E-state index in [1.165, 1.54) is 32.1 Å². The Morgan fingerprint density at radius 2 is 2.00 bits per heavy atom. The van der Waals surface area contributed by atoms with Gasteiger partial charge in [0, 0.05) is 19.0 Å². The summed E-state index contributed by atoms with van der Waals surface area (Å²) in [5, 5.41) is 12.7. The molecule has 0 unspecified atom stereocenters. The molecule has 4 aliphatic carbocycles. The summed E-state index contributed by atoms with van der Waals surface area (Å²) in [6, 6.07) is 0.981. The van der Waals surface area contributed by atoms with Crippen molar-refractivity contribution in [3.8, 4) is 0 Å². The van der Waals surface area contributed by atoms with Gasteiger partial charge in [0.15, 0.2) is 0 Å². The number of nitrogens with zero attached hydrogens (tertiary/aromatic N) is 1. The molecule has 10 atom stereocenters. The largest absolute Gasteiger partial charge is 0.393 e. The molecule has 6 aliphatic rings. The first-order valence-corrected chi connectivity index (χ1v) is 13.4. The van der Waals surface area contributed by atoms with Crippen molar-refractivity contribution in [2.45, 2.75) is 115 Å². The standard InChI is InChI=1S/C28H44N2O2/c1-16-15-28(18(3)26-25(32-28)12-17(2)29-30(26)5)11-9-21-22-7-6-19-13-20(31)8-10-27(19,4)24(22)14-23(16)21/h6,17-18,20-22,24-26,29,31H,7-15H2,1-5H3/t17-,18+,20-,21-,22-,24-,25+,26-,27-,28-/m0/s1. The van der Waals surface area contributed by atoms with Crippen molar-refractivity contribution in [3.05, 3.63) is 22.8 Å². The summed E-state index contributed by atoms with van der Waals surface area (Å²) in [6.45, 7) is 9.72. The molecule has 0 aromatic carbocycles. The van der Waals surface area contributed by atoms with Gasteiger partial charge in [0.1, 0.15) is 0 Å². The average molecular weight is 441 g/mol. The van der Waals surface area contributed by atoms with Crippen LogP contribution < -0.4 is 5.43 Å². The SMILES string of the molecule is CC1=C2C[C@H]3[C@@H](CC=C4C[C@@H](O)CC[C@@]43C)[C@@H]2CC[C@@]2(C1)O[C@@H]1C[C@H](C)NN(C)[C@H]1[C@H]2C. The Bertz CT molecular complexity index is 850. The smallest absolute Gasteiger partial charge is 0.0770 e. The van der Waals surface area contributed by atoms with E-state index in [0.717, 1.165) is 43.4 Å². The fourth-order valence-electron chi connectivity index (χ4n) is 9.48. The molecule has 2 saturated carbocycles. The highest BCUT2D eigenvalue weighted by atomic mass is 16.5. The van der Waals surface area contributed by atoms with E-state index in [9.17, 15) is 5.11 Å². The van der Waals surface area contributed by atoms with E-state index in [-0.39, 0.29) is 11.7 Å². The van der Waals surface area contributed by atoms with Crippen molar-refractivity contribution in [1.82, 2.24) is 10.4 Å². The molecule has 2 aliphatic heterocycles. The highest BCUT2D eigenvalue weighted by Crippen LogP contribution is 2.63. The van der Waals surface area contributed by atoms with Gasteiger partial charge in [-0.2, -0.15) is 0 Å². The van der Waals surface area contributed by atoms with E-state index >= 15 is 0 Å². The van der Waals surface area contributed by atoms with Gasteiger partial charge >= 0.3 is 0 Å². The number of nitrogens with one attached hydrogen (secondary N) is 1. The lowest BCUT2D eigenvalue weighted by Gasteiger charge is -2.49. The van der Waals surface area contributed by atoms with E-state index in [0.29, 0.717) is 29.5 Å². The summed E-state index contributed by atoms with van der Waals surface area (Å²) in [4.78, 5) is 0. The molecule has 4 nitrogen and oxygen atoms in total. The van der Waals surface area contributed by atoms with E-state index < -0.39 is 0 Å². The Labute approximate surface area is 194 Å². The highest BCUT2D eigenvalue weighted by molar-refractivity contribution is 5.33. The van der Waals surface area contributed by atoms with Crippen LogP contribution in [0, 0.1) is 29.1 Å². The number of hydrogen-bond acceptors (Lipinski definition) is 4. The molecule has 6 rings (SSSR count). The molecule has 0 amide bonds. The monoisotopic (exact) mass is 440 g/mol. The van der Waals surface area contributed by atoms with Crippen molar-refractivity contribution in [2.24, 2.45) is 29.1 Å². The van der Waals surface area contributed by atoms with Gasteiger partial charge in [-0.25, -0.2) is 5.01 Å². The summed E-state index contributed by atoms with van der Waals surface area (Å²) < 4.78 is 7.06. The number of ether oxygens (including phenoxy) is 1. The maximum Gasteiger partial charge on any atom is 0.0770 e. The van der Waals surface area contributed by atoms with Crippen molar-refractivity contribution in [3.63, 3.8) is 0 Å². The van der Waals surface area contributed by atoms with Crippen LogP contribution in [-0.2, 0) is 4.74 Å². The quantitative estimate of drug-likeness (QED) is 0.521. The van der Waals surface area contributed by atoms with Crippen LogP contribution in [0.1, 0.15) is 85.5 Å². The van der Waals surface area contributed by atoms with E-state index in [1.807, 2.05) is 0 Å². The number of aliphatic hydroxyl groups is 1. The predicted molar refractivity (Wildman–Crippen MR) is 128 cm³/mol. The zero-order valence-electron chi connectivity index (χ0n) is 20.9. The van der Waals surface area contributed by atoms with Crippen LogP contribution in [0.3, 0.4) is 0 Å². The third-order valence-corrected chi connectivity index (χ3v) is 11.1. The first-order chi connectivity index (χ1) is 15.2. The predicted octanol–water partition coefficient (Wildman–Crippen LogP) is 4.99. The number of hydrogen-bond donors (Lipinski definition) is 2. The van der Waals surface area contributed by atoms with Crippen LogP contribution in [0.15, 0.2) is 22.8 Å². The fraction of sp³-hybridized carbons (Fsp3) is 0.857. The minimum absolute atomic E-state index is 0.0147. The first kappa shape index (κ1) is 21.8. The molecule has 4 fully saturated rings. The van der Waals surface area contributed by atoms with E-state index in [2.05, 4.69) is 51.3 Å². The van der Waals surface area contributed by atoms with Gasteiger partial charge in [0.2, 0.25) is 0 Å². The molecule has 2 N–H and O–H groups in total. The second-order valence-electron chi connectivity index (χ2n) is 12.8. The fourth-order valence-corrected chi connectivity index (χ4v) is 9.48. The highest BCUT2D eigenvalue weighted by Gasteiger charge is 2.59. The Morgan fingerprint density at radius 1 is 1.19 bits per heavy atom. The Morgan fingerprint density at radius 3 is 2.81 bits per heavy atom. The minimum Gasteiger partial charge on any atom is -0.393 e. The van der Waals surface area contributed by atoms with E-state index in [4.69, 9.17) is 4.74 Å². The molecule has 178 valence electrons. The van der Waals surface area contributed by atoms with Gasteiger partial charge in [-0.3, -0.25) is 5.43 Å². The molecular weight excluding hydrogens is 396 g/mol. The number of likely N-dealkylation sites (N-methyl/N-ethyl adjacent to an activating group) is 1. The molecule has 2 saturated heterocycles. The lowest BCUT2D eigenvalue weighted by Crippen LogP contribution is -2.58. The molecule has 2 heterocycles. The zero-order valence-corrected chi connectivity index (χ0v) is 20.9. The second kappa shape index (κ2) is 7.41. The summed E-state index contributed by atoms with van der Waals surface area (Å²) in [5.74, 6) is 2.87. The van der Waals surface area contributed by atoms with Gasteiger partial charge in [0.05, 0.1) is 23.9 Å². The Hall–Kier alpha value is -0.680. The number of allylic oxidation sites excluding steroid dienone is 2. The Kier molecular flexibility index (Phi) is 5.05.